The summed E-state index contributed by atoms with van der Waals surface area (Å²) in [4.78, 5) is 9.98. The molecule has 0 radical (unpaired) electrons. The van der Waals surface area contributed by atoms with Gasteiger partial charge in [0.25, 0.3) is 6.47 Å². The van der Waals surface area contributed by atoms with Crippen molar-refractivity contribution in [1.82, 2.24) is 0 Å². The van der Waals surface area contributed by atoms with Crippen LogP contribution in [0.15, 0.2) is 28.9 Å². The van der Waals surface area contributed by atoms with Gasteiger partial charge in [-0.1, -0.05) is 11.6 Å². The first-order valence-corrected chi connectivity index (χ1v) is 4.90. The van der Waals surface area contributed by atoms with Crippen LogP contribution >= 0.6 is 11.6 Å². The van der Waals surface area contributed by atoms with Crippen molar-refractivity contribution in [3.05, 3.63) is 35.0 Å². The molecule has 0 N–H and O–H groups in total. The van der Waals surface area contributed by atoms with Crippen molar-refractivity contribution >= 4 is 29.0 Å². The molecule has 78 valence electrons. The van der Waals surface area contributed by atoms with Crippen LogP contribution in [0.25, 0.3) is 11.0 Å². The third-order valence-electron chi connectivity index (χ3n) is 2.17. The lowest BCUT2D eigenvalue weighted by molar-refractivity contribution is -0.128. The van der Waals surface area contributed by atoms with Gasteiger partial charge in [0.05, 0.1) is 12.9 Å². The van der Waals surface area contributed by atoms with Gasteiger partial charge in [-0.05, 0) is 18.2 Å². The second-order valence-electron chi connectivity index (χ2n) is 3.12. The molecule has 15 heavy (non-hydrogen) atoms. The number of hydrogen-bond acceptors (Lipinski definition) is 3. The Labute approximate surface area is 91.6 Å². The van der Waals surface area contributed by atoms with Crippen LogP contribution in [0.4, 0.5) is 0 Å². The molecule has 0 saturated carbocycles. The standard InChI is InChI=1S/C11H9ClO3/c12-9-1-2-11-10(5-9)8(6-15-11)3-4-14-7-13/h1-2,5-7H,3-4H2. The number of ether oxygens (including phenoxy) is 1. The summed E-state index contributed by atoms with van der Waals surface area (Å²) < 4.78 is 9.96. The van der Waals surface area contributed by atoms with Crippen molar-refractivity contribution in [2.45, 2.75) is 6.42 Å². The lowest BCUT2D eigenvalue weighted by Crippen LogP contribution is -1.95. The number of carbonyl (C=O) groups excluding carboxylic acids is 1. The number of rotatable bonds is 4. The number of fused-ring (bicyclic) bond motifs is 1. The van der Waals surface area contributed by atoms with E-state index < -0.39 is 0 Å². The van der Waals surface area contributed by atoms with E-state index in [2.05, 4.69) is 4.74 Å². The second-order valence-corrected chi connectivity index (χ2v) is 3.55. The van der Waals surface area contributed by atoms with Gasteiger partial charge in [-0.25, -0.2) is 0 Å². The maximum absolute atomic E-state index is 9.98. The maximum Gasteiger partial charge on any atom is 0.293 e. The van der Waals surface area contributed by atoms with Crippen molar-refractivity contribution in [3.8, 4) is 0 Å². The summed E-state index contributed by atoms with van der Waals surface area (Å²) in [6, 6.07) is 5.44. The minimum absolute atomic E-state index is 0.352. The fourth-order valence-electron chi connectivity index (χ4n) is 1.46. The number of furan rings is 1. The average molecular weight is 225 g/mol. The summed E-state index contributed by atoms with van der Waals surface area (Å²) >= 11 is 5.88. The lowest BCUT2D eigenvalue weighted by atomic mass is 10.1. The Kier molecular flexibility index (Phi) is 2.92. The highest BCUT2D eigenvalue weighted by Crippen LogP contribution is 2.24. The van der Waals surface area contributed by atoms with Crippen molar-refractivity contribution in [2.75, 3.05) is 6.61 Å². The zero-order chi connectivity index (χ0) is 10.7. The molecule has 0 aliphatic carbocycles. The monoisotopic (exact) mass is 224 g/mol. The smallest absolute Gasteiger partial charge is 0.293 e. The van der Waals surface area contributed by atoms with Gasteiger partial charge in [0.1, 0.15) is 5.58 Å². The number of hydrogen-bond donors (Lipinski definition) is 0. The predicted molar refractivity (Wildman–Crippen MR) is 56.9 cm³/mol. The number of carbonyl (C=O) groups is 1. The van der Waals surface area contributed by atoms with Gasteiger partial charge in [-0.15, -0.1) is 0 Å². The second kappa shape index (κ2) is 4.36. The first-order chi connectivity index (χ1) is 7.31. The molecule has 0 aliphatic heterocycles. The maximum atomic E-state index is 9.98. The van der Waals surface area contributed by atoms with E-state index in [9.17, 15) is 4.79 Å². The Morgan fingerprint density at radius 1 is 1.47 bits per heavy atom. The molecule has 2 rings (SSSR count). The molecule has 0 fully saturated rings. The summed E-state index contributed by atoms with van der Waals surface area (Å²) in [7, 11) is 0. The van der Waals surface area contributed by atoms with Crippen molar-refractivity contribution in [1.29, 1.82) is 0 Å². The van der Waals surface area contributed by atoms with Gasteiger partial charge < -0.3 is 9.15 Å². The highest BCUT2D eigenvalue weighted by molar-refractivity contribution is 6.31. The quantitative estimate of drug-likeness (QED) is 0.592. The van der Waals surface area contributed by atoms with Crippen LogP contribution in [0, 0.1) is 0 Å². The highest BCUT2D eigenvalue weighted by atomic mass is 35.5. The minimum atomic E-state index is 0.352. The molecule has 0 amide bonds. The van der Waals surface area contributed by atoms with Crippen LogP contribution in [-0.4, -0.2) is 13.1 Å². The molecule has 4 heteroatoms. The van der Waals surface area contributed by atoms with Gasteiger partial charge in [-0.2, -0.15) is 0 Å². The number of halogens is 1. The van der Waals surface area contributed by atoms with E-state index in [0.717, 1.165) is 16.5 Å². The molecule has 0 aliphatic rings. The third-order valence-corrected chi connectivity index (χ3v) is 2.41. The van der Waals surface area contributed by atoms with E-state index in [4.69, 9.17) is 16.0 Å². The first-order valence-electron chi connectivity index (χ1n) is 4.52. The molecular weight excluding hydrogens is 216 g/mol. The Morgan fingerprint density at radius 2 is 2.33 bits per heavy atom. The highest BCUT2D eigenvalue weighted by Gasteiger charge is 2.05. The van der Waals surface area contributed by atoms with Crippen LogP contribution in [0.5, 0.6) is 0 Å². The van der Waals surface area contributed by atoms with Crippen molar-refractivity contribution < 1.29 is 13.9 Å². The summed E-state index contributed by atoms with van der Waals surface area (Å²) in [5.41, 5.74) is 1.79. The van der Waals surface area contributed by atoms with Crippen LogP contribution < -0.4 is 0 Å². The van der Waals surface area contributed by atoms with Crippen LogP contribution in [-0.2, 0) is 16.0 Å². The fourth-order valence-corrected chi connectivity index (χ4v) is 1.64. The Balaban J connectivity index is 2.27. The Hall–Kier alpha value is -1.48. The molecular formula is C11H9ClO3. The summed E-state index contributed by atoms with van der Waals surface area (Å²) in [6.45, 7) is 0.792. The first kappa shape index (κ1) is 10.1. The Morgan fingerprint density at radius 3 is 3.13 bits per heavy atom. The molecule has 0 spiro atoms. The molecule has 0 saturated heterocycles. The summed E-state index contributed by atoms with van der Waals surface area (Å²) in [6.07, 6.45) is 2.29. The zero-order valence-electron chi connectivity index (χ0n) is 7.90. The third kappa shape index (κ3) is 2.13. The number of benzene rings is 1. The van der Waals surface area contributed by atoms with E-state index in [1.54, 1.807) is 12.3 Å². The van der Waals surface area contributed by atoms with Crippen molar-refractivity contribution in [3.63, 3.8) is 0 Å². The van der Waals surface area contributed by atoms with Gasteiger partial charge in [0.15, 0.2) is 0 Å². The van der Waals surface area contributed by atoms with Gasteiger partial charge in [0, 0.05) is 22.4 Å². The van der Waals surface area contributed by atoms with E-state index >= 15 is 0 Å². The molecule has 0 atom stereocenters. The molecule has 3 nitrogen and oxygen atoms in total. The zero-order valence-corrected chi connectivity index (χ0v) is 8.66. The molecule has 1 aromatic heterocycles. The largest absolute Gasteiger partial charge is 0.468 e. The average Bonchev–Trinajstić information content (AvgIpc) is 2.62. The van der Waals surface area contributed by atoms with Crippen LogP contribution in [0.2, 0.25) is 5.02 Å². The normalized spacial score (nSPS) is 10.5. The van der Waals surface area contributed by atoms with Crippen LogP contribution in [0.3, 0.4) is 0 Å². The fraction of sp³-hybridized carbons (Fsp3) is 0.182. The SMILES string of the molecule is O=COCCc1coc2ccc(Cl)cc12. The molecule has 2 aromatic rings. The van der Waals surface area contributed by atoms with E-state index in [-0.39, 0.29) is 0 Å². The van der Waals surface area contributed by atoms with Gasteiger partial charge >= 0.3 is 0 Å². The van der Waals surface area contributed by atoms with Gasteiger partial charge in [0.2, 0.25) is 0 Å². The van der Waals surface area contributed by atoms with E-state index in [1.807, 2.05) is 12.1 Å². The minimum Gasteiger partial charge on any atom is -0.468 e. The Bertz CT molecular complexity index is 476. The van der Waals surface area contributed by atoms with Crippen molar-refractivity contribution in [2.24, 2.45) is 0 Å². The molecule has 0 unspecified atom stereocenters. The molecule has 1 aromatic carbocycles. The van der Waals surface area contributed by atoms with Gasteiger partial charge in [-0.3, -0.25) is 4.79 Å². The summed E-state index contributed by atoms with van der Waals surface area (Å²) in [5, 5.41) is 1.64. The lowest BCUT2D eigenvalue weighted by Gasteiger charge is -1.97. The topological polar surface area (TPSA) is 39.4 Å². The van der Waals surface area contributed by atoms with Crippen LogP contribution in [0.1, 0.15) is 5.56 Å². The van der Waals surface area contributed by atoms with E-state index in [1.165, 1.54) is 0 Å². The van der Waals surface area contributed by atoms with E-state index in [0.29, 0.717) is 24.5 Å². The molecule has 0 bridgehead atoms. The molecule has 1 heterocycles. The predicted octanol–water partition coefficient (Wildman–Crippen LogP) is 2.80. The summed E-state index contributed by atoms with van der Waals surface area (Å²) in [5.74, 6) is 0.